The number of aromatic nitrogens is 2. The minimum absolute atomic E-state index is 0.169. The lowest BCUT2D eigenvalue weighted by Gasteiger charge is -2.02. The van der Waals surface area contributed by atoms with E-state index in [4.69, 9.17) is 12.2 Å². The molecule has 1 aliphatic rings. The van der Waals surface area contributed by atoms with E-state index < -0.39 is 0 Å². The highest BCUT2D eigenvalue weighted by Gasteiger charge is 2.18. The Hall–Kier alpha value is -2.14. The second-order valence-electron chi connectivity index (χ2n) is 4.68. The van der Waals surface area contributed by atoms with Crippen molar-refractivity contribution in [3.05, 3.63) is 40.3 Å². The summed E-state index contributed by atoms with van der Waals surface area (Å²) in [6, 6.07) is 7.97. The van der Waals surface area contributed by atoms with E-state index in [0.29, 0.717) is 17.0 Å². The van der Waals surface area contributed by atoms with Gasteiger partial charge in [-0.2, -0.15) is 0 Å². The van der Waals surface area contributed by atoms with Gasteiger partial charge in [0.25, 0.3) is 0 Å². The molecule has 0 bridgehead atoms. The molecule has 1 aromatic heterocycles. The summed E-state index contributed by atoms with van der Waals surface area (Å²) in [5, 5.41) is 10.2. The van der Waals surface area contributed by atoms with Crippen LogP contribution in [0, 0.1) is 4.77 Å². The number of hydrogen-bond donors (Lipinski definition) is 2. The molecule has 1 aromatic carbocycles. The summed E-state index contributed by atoms with van der Waals surface area (Å²) in [6.07, 6.45) is 1.90. The molecule has 0 spiro atoms. The van der Waals surface area contributed by atoms with Crippen molar-refractivity contribution in [1.29, 1.82) is 0 Å². The zero-order valence-corrected chi connectivity index (χ0v) is 12.2. The average molecular weight is 285 g/mol. The number of H-pyrrole nitrogens is 1. The monoisotopic (exact) mass is 285 g/mol. The van der Waals surface area contributed by atoms with Gasteiger partial charge in [0.1, 0.15) is 5.69 Å². The maximum absolute atomic E-state index is 10.2. The summed E-state index contributed by atoms with van der Waals surface area (Å²) in [7, 11) is 0. The SMILES string of the molecule is CCn1c(O)c(/C=C2\C(C)=Nc3ccccc32)[nH]c1=S. The van der Waals surface area contributed by atoms with E-state index in [9.17, 15) is 5.11 Å². The van der Waals surface area contributed by atoms with Crippen molar-refractivity contribution in [3.63, 3.8) is 0 Å². The molecule has 0 unspecified atom stereocenters. The van der Waals surface area contributed by atoms with Gasteiger partial charge >= 0.3 is 0 Å². The molecule has 0 saturated heterocycles. The van der Waals surface area contributed by atoms with Crippen molar-refractivity contribution >= 4 is 35.3 Å². The lowest BCUT2D eigenvalue weighted by Crippen LogP contribution is -1.92. The quantitative estimate of drug-likeness (QED) is 0.822. The van der Waals surface area contributed by atoms with E-state index in [1.807, 2.05) is 44.2 Å². The molecule has 0 saturated carbocycles. The van der Waals surface area contributed by atoms with Crippen LogP contribution in [0.4, 0.5) is 5.69 Å². The first-order valence-corrected chi connectivity index (χ1v) is 6.91. The number of aromatic hydroxyl groups is 1. The molecule has 5 heteroatoms. The number of para-hydroxylation sites is 1. The summed E-state index contributed by atoms with van der Waals surface area (Å²) in [6.45, 7) is 4.54. The van der Waals surface area contributed by atoms with Gasteiger partial charge in [0, 0.05) is 23.4 Å². The Morgan fingerprint density at radius 2 is 2.15 bits per heavy atom. The van der Waals surface area contributed by atoms with Crippen LogP contribution in [-0.2, 0) is 6.54 Å². The van der Waals surface area contributed by atoms with Crippen molar-refractivity contribution in [2.75, 3.05) is 0 Å². The fraction of sp³-hybridized carbons (Fsp3) is 0.200. The minimum atomic E-state index is 0.169. The molecule has 3 rings (SSSR count). The largest absolute Gasteiger partial charge is 0.493 e. The standard InChI is InChI=1S/C15H15N3OS/c1-3-18-14(19)13(17-15(18)20)8-11-9(2)16-12-7-5-4-6-10(11)12/h4-8,19H,3H2,1-2H3,(H,17,20)/b11-8+. The van der Waals surface area contributed by atoms with Crippen LogP contribution in [0.1, 0.15) is 25.1 Å². The number of benzene rings is 1. The van der Waals surface area contributed by atoms with E-state index in [2.05, 4.69) is 9.98 Å². The smallest absolute Gasteiger partial charge is 0.217 e. The molecule has 102 valence electrons. The molecule has 20 heavy (non-hydrogen) atoms. The molecule has 2 aromatic rings. The van der Waals surface area contributed by atoms with Crippen LogP contribution >= 0.6 is 12.2 Å². The van der Waals surface area contributed by atoms with E-state index in [1.54, 1.807) is 4.57 Å². The normalized spacial score (nSPS) is 15.5. The van der Waals surface area contributed by atoms with Gasteiger partial charge < -0.3 is 10.1 Å². The number of nitrogens with zero attached hydrogens (tertiary/aromatic N) is 2. The maximum atomic E-state index is 10.2. The topological polar surface area (TPSA) is 53.3 Å². The molecule has 2 heterocycles. The number of imidazole rings is 1. The fourth-order valence-corrected chi connectivity index (χ4v) is 2.76. The summed E-state index contributed by atoms with van der Waals surface area (Å²) in [4.78, 5) is 7.57. The number of aromatic amines is 1. The van der Waals surface area contributed by atoms with Gasteiger partial charge in [0.2, 0.25) is 5.88 Å². The molecule has 0 atom stereocenters. The van der Waals surface area contributed by atoms with Gasteiger partial charge in [-0.3, -0.25) is 9.56 Å². The first kappa shape index (κ1) is 12.9. The number of allylic oxidation sites excluding steroid dienone is 1. The number of fused-ring (bicyclic) bond motifs is 1. The third kappa shape index (κ3) is 1.91. The van der Waals surface area contributed by atoms with Gasteiger partial charge in [0.05, 0.1) is 5.69 Å². The Bertz CT molecular complexity index is 796. The van der Waals surface area contributed by atoms with Crippen molar-refractivity contribution in [3.8, 4) is 5.88 Å². The lowest BCUT2D eigenvalue weighted by molar-refractivity contribution is 0.419. The van der Waals surface area contributed by atoms with Crippen LogP contribution in [0.5, 0.6) is 5.88 Å². The summed E-state index contributed by atoms with van der Waals surface area (Å²) < 4.78 is 2.19. The summed E-state index contributed by atoms with van der Waals surface area (Å²) in [5.41, 5.74) is 4.61. The Balaban J connectivity index is 2.15. The van der Waals surface area contributed by atoms with Crippen molar-refractivity contribution < 1.29 is 5.11 Å². The molecule has 4 nitrogen and oxygen atoms in total. The molecular weight excluding hydrogens is 270 g/mol. The van der Waals surface area contributed by atoms with Crippen LogP contribution in [-0.4, -0.2) is 20.4 Å². The van der Waals surface area contributed by atoms with Crippen LogP contribution < -0.4 is 0 Å². The van der Waals surface area contributed by atoms with E-state index >= 15 is 0 Å². The first-order chi connectivity index (χ1) is 9.61. The van der Waals surface area contributed by atoms with Gasteiger partial charge in [-0.05, 0) is 38.2 Å². The number of nitrogens with one attached hydrogen (secondary N) is 1. The van der Waals surface area contributed by atoms with Crippen LogP contribution in [0.15, 0.2) is 29.3 Å². The first-order valence-electron chi connectivity index (χ1n) is 6.50. The molecule has 1 aliphatic heterocycles. The highest BCUT2D eigenvalue weighted by molar-refractivity contribution is 7.71. The van der Waals surface area contributed by atoms with Gasteiger partial charge in [-0.25, -0.2) is 0 Å². The Morgan fingerprint density at radius 3 is 2.85 bits per heavy atom. The zero-order valence-electron chi connectivity index (χ0n) is 11.3. The molecule has 0 radical (unpaired) electrons. The Labute approximate surface area is 122 Å². The second kappa shape index (κ2) is 4.76. The van der Waals surface area contributed by atoms with Crippen LogP contribution in [0.2, 0.25) is 0 Å². The molecule has 0 amide bonds. The van der Waals surface area contributed by atoms with Crippen molar-refractivity contribution in [2.24, 2.45) is 4.99 Å². The van der Waals surface area contributed by atoms with Crippen molar-refractivity contribution in [1.82, 2.24) is 9.55 Å². The maximum Gasteiger partial charge on any atom is 0.217 e. The summed E-state index contributed by atoms with van der Waals surface area (Å²) in [5.74, 6) is 0.169. The summed E-state index contributed by atoms with van der Waals surface area (Å²) >= 11 is 5.20. The van der Waals surface area contributed by atoms with Crippen LogP contribution in [0.25, 0.3) is 11.6 Å². The van der Waals surface area contributed by atoms with Crippen molar-refractivity contribution in [2.45, 2.75) is 20.4 Å². The second-order valence-corrected chi connectivity index (χ2v) is 5.07. The highest BCUT2D eigenvalue weighted by Crippen LogP contribution is 2.36. The highest BCUT2D eigenvalue weighted by atomic mass is 32.1. The Morgan fingerprint density at radius 1 is 1.40 bits per heavy atom. The number of hydrogen-bond acceptors (Lipinski definition) is 3. The van der Waals surface area contributed by atoms with E-state index in [-0.39, 0.29) is 5.88 Å². The Kier molecular flexibility index (Phi) is 3.06. The molecule has 0 fully saturated rings. The van der Waals surface area contributed by atoms with Gasteiger partial charge in [-0.15, -0.1) is 0 Å². The molecule has 2 N–H and O–H groups in total. The molecule has 0 aliphatic carbocycles. The predicted octanol–water partition coefficient (Wildman–Crippen LogP) is 3.92. The van der Waals surface area contributed by atoms with Gasteiger partial charge in [-0.1, -0.05) is 18.2 Å². The fourth-order valence-electron chi connectivity index (χ4n) is 2.44. The third-order valence-corrected chi connectivity index (χ3v) is 3.78. The lowest BCUT2D eigenvalue weighted by atomic mass is 10.0. The van der Waals surface area contributed by atoms with Gasteiger partial charge in [0.15, 0.2) is 4.77 Å². The van der Waals surface area contributed by atoms with E-state index in [1.165, 1.54) is 0 Å². The van der Waals surface area contributed by atoms with Crippen LogP contribution in [0.3, 0.4) is 0 Å². The number of rotatable bonds is 2. The number of aliphatic imine (C=N–C) groups is 1. The average Bonchev–Trinajstić information content (AvgIpc) is 2.88. The van der Waals surface area contributed by atoms with E-state index in [0.717, 1.165) is 22.5 Å². The third-order valence-electron chi connectivity index (χ3n) is 3.46. The zero-order chi connectivity index (χ0) is 14.3. The minimum Gasteiger partial charge on any atom is -0.493 e. The predicted molar refractivity (Wildman–Crippen MR) is 84.0 cm³/mol. The molecular formula is C15H15N3OS.